The van der Waals surface area contributed by atoms with E-state index in [2.05, 4.69) is 5.32 Å². The highest BCUT2D eigenvalue weighted by Crippen LogP contribution is 2.46. The molecule has 2 N–H and O–H groups in total. The number of amides is 2. The van der Waals surface area contributed by atoms with E-state index in [4.69, 9.17) is 11.6 Å². The van der Waals surface area contributed by atoms with Gasteiger partial charge in [-0.15, -0.1) is 11.8 Å². The van der Waals surface area contributed by atoms with Crippen molar-refractivity contribution in [1.29, 1.82) is 0 Å². The molecule has 0 fully saturated rings. The summed E-state index contributed by atoms with van der Waals surface area (Å²) in [5.41, 5.74) is 0.739. The number of nitrogens with zero attached hydrogens (tertiary/aromatic N) is 1. The van der Waals surface area contributed by atoms with Crippen LogP contribution in [0.3, 0.4) is 0 Å². The van der Waals surface area contributed by atoms with Gasteiger partial charge in [0.15, 0.2) is 0 Å². The zero-order chi connectivity index (χ0) is 25.3. The first-order chi connectivity index (χ1) is 16.6. The Morgan fingerprint density at radius 1 is 1.11 bits per heavy atom. The summed E-state index contributed by atoms with van der Waals surface area (Å²) in [5.74, 6) is -3.12. The molecule has 1 unspecified atom stereocenters. The predicted molar refractivity (Wildman–Crippen MR) is 128 cm³/mol. The summed E-state index contributed by atoms with van der Waals surface area (Å²) in [5, 5.41) is 12.6. The number of aliphatic hydroxyl groups is 1. The van der Waals surface area contributed by atoms with Crippen LogP contribution in [-0.2, 0) is 17.9 Å². The predicted octanol–water partition coefficient (Wildman–Crippen LogP) is 5.08. The van der Waals surface area contributed by atoms with E-state index in [1.807, 2.05) is 0 Å². The van der Waals surface area contributed by atoms with Crippen molar-refractivity contribution in [1.82, 2.24) is 5.32 Å². The van der Waals surface area contributed by atoms with E-state index < -0.39 is 40.6 Å². The quantitative estimate of drug-likeness (QED) is 0.476. The van der Waals surface area contributed by atoms with Gasteiger partial charge in [0.25, 0.3) is 5.91 Å². The van der Waals surface area contributed by atoms with Crippen molar-refractivity contribution in [3.8, 4) is 0 Å². The molecule has 3 aromatic rings. The molecule has 182 valence electrons. The van der Waals surface area contributed by atoms with Gasteiger partial charge in [0.05, 0.1) is 18.8 Å². The lowest BCUT2D eigenvalue weighted by atomic mass is 10.1. The summed E-state index contributed by atoms with van der Waals surface area (Å²) in [6, 6.07) is 11.9. The van der Waals surface area contributed by atoms with E-state index in [9.17, 15) is 27.9 Å². The van der Waals surface area contributed by atoms with Crippen LogP contribution in [0.2, 0.25) is 5.02 Å². The summed E-state index contributed by atoms with van der Waals surface area (Å²) in [6.07, 6.45) is 0. The molecule has 0 aliphatic carbocycles. The first-order valence-electron chi connectivity index (χ1n) is 10.5. The molecule has 0 radical (unpaired) electrons. The molecule has 1 aliphatic heterocycles. The maximum atomic E-state index is 14.5. The molecule has 1 heterocycles. The molecule has 3 aromatic carbocycles. The number of hydrogen-bond donors (Lipinski definition) is 2. The van der Waals surface area contributed by atoms with Gasteiger partial charge in [-0.2, -0.15) is 0 Å². The number of carbonyl (C=O) groups excluding carboxylic acids is 2. The SMILES string of the molecule is CC1(CO)Sc2ccc(C(=O)NCc3ccc(F)cc3F)cc2N(Cc2c(F)cccc2Cl)C1=O. The lowest BCUT2D eigenvalue weighted by Crippen LogP contribution is -2.50. The van der Waals surface area contributed by atoms with E-state index in [0.717, 1.165) is 23.9 Å². The van der Waals surface area contributed by atoms with Crippen molar-refractivity contribution in [3.63, 3.8) is 0 Å². The number of halogens is 4. The van der Waals surface area contributed by atoms with Crippen LogP contribution in [0.25, 0.3) is 0 Å². The number of carbonyl (C=O) groups is 2. The molecule has 0 aromatic heterocycles. The summed E-state index contributed by atoms with van der Waals surface area (Å²) in [7, 11) is 0. The molecule has 5 nitrogen and oxygen atoms in total. The Morgan fingerprint density at radius 2 is 1.89 bits per heavy atom. The third-order valence-corrected chi connectivity index (χ3v) is 7.35. The van der Waals surface area contributed by atoms with Crippen molar-refractivity contribution in [2.24, 2.45) is 0 Å². The average Bonchev–Trinajstić information content (AvgIpc) is 2.82. The van der Waals surface area contributed by atoms with Crippen LogP contribution in [0.1, 0.15) is 28.4 Å². The van der Waals surface area contributed by atoms with E-state index >= 15 is 0 Å². The summed E-state index contributed by atoms with van der Waals surface area (Å²) in [4.78, 5) is 28.0. The van der Waals surface area contributed by atoms with Gasteiger partial charge in [0.2, 0.25) is 5.91 Å². The second kappa shape index (κ2) is 9.93. The van der Waals surface area contributed by atoms with Crippen molar-refractivity contribution in [3.05, 3.63) is 93.8 Å². The molecule has 10 heteroatoms. The first-order valence-corrected chi connectivity index (χ1v) is 11.7. The van der Waals surface area contributed by atoms with Gasteiger partial charge in [-0.05, 0) is 43.3 Å². The van der Waals surface area contributed by atoms with Gasteiger partial charge in [-0.3, -0.25) is 9.59 Å². The molecular formula is C25H20ClF3N2O3S. The Balaban J connectivity index is 1.66. The van der Waals surface area contributed by atoms with Gasteiger partial charge >= 0.3 is 0 Å². The zero-order valence-electron chi connectivity index (χ0n) is 18.4. The molecular weight excluding hydrogens is 501 g/mol. The maximum Gasteiger partial charge on any atom is 0.251 e. The molecule has 0 saturated carbocycles. The third-order valence-electron chi connectivity index (χ3n) is 5.68. The molecule has 35 heavy (non-hydrogen) atoms. The Morgan fingerprint density at radius 3 is 2.57 bits per heavy atom. The van der Waals surface area contributed by atoms with Crippen LogP contribution in [0.5, 0.6) is 0 Å². The van der Waals surface area contributed by atoms with Crippen LogP contribution in [0, 0.1) is 17.5 Å². The van der Waals surface area contributed by atoms with Crippen LogP contribution >= 0.6 is 23.4 Å². The van der Waals surface area contributed by atoms with Crippen molar-refractivity contribution < 1.29 is 27.9 Å². The largest absolute Gasteiger partial charge is 0.394 e. The molecule has 1 atom stereocenters. The highest BCUT2D eigenvalue weighted by Gasteiger charge is 2.43. The van der Waals surface area contributed by atoms with Gasteiger partial charge in [-0.1, -0.05) is 23.7 Å². The smallest absolute Gasteiger partial charge is 0.251 e. The van der Waals surface area contributed by atoms with Crippen LogP contribution in [0.15, 0.2) is 59.5 Å². The highest BCUT2D eigenvalue weighted by molar-refractivity contribution is 8.01. The van der Waals surface area contributed by atoms with Gasteiger partial charge in [0.1, 0.15) is 22.2 Å². The number of thioether (sulfide) groups is 1. The number of benzene rings is 3. The Labute approximate surface area is 208 Å². The second-order valence-electron chi connectivity index (χ2n) is 8.18. The van der Waals surface area contributed by atoms with E-state index in [0.29, 0.717) is 10.6 Å². The van der Waals surface area contributed by atoms with E-state index in [1.165, 1.54) is 41.3 Å². The molecule has 0 spiro atoms. The Kier molecular flexibility index (Phi) is 7.12. The zero-order valence-corrected chi connectivity index (χ0v) is 20.0. The summed E-state index contributed by atoms with van der Waals surface area (Å²) >= 11 is 7.32. The maximum absolute atomic E-state index is 14.5. The number of aliphatic hydroxyl groups excluding tert-OH is 1. The minimum atomic E-state index is -1.21. The average molecular weight is 521 g/mol. The van der Waals surface area contributed by atoms with Gasteiger partial charge < -0.3 is 15.3 Å². The minimum Gasteiger partial charge on any atom is -0.394 e. The van der Waals surface area contributed by atoms with E-state index in [-0.39, 0.29) is 34.8 Å². The second-order valence-corrected chi connectivity index (χ2v) is 10.1. The minimum absolute atomic E-state index is 0.0993. The number of fused-ring (bicyclic) bond motifs is 1. The lowest BCUT2D eigenvalue weighted by Gasteiger charge is -2.39. The third kappa shape index (κ3) is 5.03. The molecule has 4 rings (SSSR count). The standard InChI is InChI=1S/C25H20ClF3N2O3S/c1-25(13-32)24(34)31(12-17-18(26)3-2-4-19(17)28)21-9-14(6-8-22(21)35-25)23(33)30-11-15-5-7-16(27)10-20(15)29/h2-10,32H,11-13H2,1H3,(H,30,33). The van der Waals surface area contributed by atoms with Gasteiger partial charge in [0, 0.05) is 39.2 Å². The van der Waals surface area contributed by atoms with E-state index in [1.54, 1.807) is 13.0 Å². The fraction of sp³-hybridized carbons (Fsp3) is 0.200. The fourth-order valence-electron chi connectivity index (χ4n) is 3.68. The van der Waals surface area contributed by atoms with Crippen molar-refractivity contribution in [2.45, 2.75) is 29.7 Å². The molecule has 0 bridgehead atoms. The number of rotatable bonds is 6. The number of hydrogen-bond acceptors (Lipinski definition) is 4. The molecule has 1 aliphatic rings. The van der Waals surface area contributed by atoms with Crippen molar-refractivity contribution >= 4 is 40.9 Å². The van der Waals surface area contributed by atoms with Crippen molar-refractivity contribution in [2.75, 3.05) is 11.5 Å². The van der Waals surface area contributed by atoms with Crippen LogP contribution in [-0.4, -0.2) is 28.3 Å². The fourth-order valence-corrected chi connectivity index (χ4v) is 5.06. The molecule has 0 saturated heterocycles. The Bertz CT molecular complexity index is 1300. The first kappa shape index (κ1) is 25.1. The van der Waals surface area contributed by atoms with Gasteiger partial charge in [-0.25, -0.2) is 13.2 Å². The van der Waals surface area contributed by atoms with Crippen LogP contribution < -0.4 is 10.2 Å². The Hall–Kier alpha value is -3.01. The number of nitrogens with one attached hydrogen (secondary N) is 1. The number of anilines is 1. The summed E-state index contributed by atoms with van der Waals surface area (Å²) in [6.45, 7) is 0.742. The van der Waals surface area contributed by atoms with Crippen LogP contribution in [0.4, 0.5) is 18.9 Å². The molecule has 2 amide bonds. The lowest BCUT2D eigenvalue weighted by molar-refractivity contribution is -0.121. The monoisotopic (exact) mass is 520 g/mol. The topological polar surface area (TPSA) is 69.6 Å². The normalized spacial score (nSPS) is 17.3. The summed E-state index contributed by atoms with van der Waals surface area (Å²) < 4.78 is 40.3. The highest BCUT2D eigenvalue weighted by atomic mass is 35.5.